The lowest BCUT2D eigenvalue weighted by molar-refractivity contribution is 0.0689. The quantitative estimate of drug-likeness (QED) is 0.860. The summed E-state index contributed by atoms with van der Waals surface area (Å²) in [7, 11) is 0. The minimum atomic E-state index is -0.934. The minimum absolute atomic E-state index is 0.245. The van der Waals surface area contributed by atoms with Crippen LogP contribution in [0.1, 0.15) is 35.4 Å². The van der Waals surface area contributed by atoms with Crippen molar-refractivity contribution < 1.29 is 9.90 Å². The van der Waals surface area contributed by atoms with E-state index < -0.39 is 5.97 Å². The summed E-state index contributed by atoms with van der Waals surface area (Å²) in [6.45, 7) is 0.700. The van der Waals surface area contributed by atoms with E-state index in [2.05, 4.69) is 10.3 Å². The molecule has 0 radical (unpaired) electrons. The second-order valence-electron chi connectivity index (χ2n) is 4.69. The Morgan fingerprint density at radius 1 is 1.50 bits per heavy atom. The van der Waals surface area contributed by atoms with Gasteiger partial charge < -0.3 is 10.4 Å². The standard InChI is InChI=1S/C13H15N3O2/c17-13(18)11-5-2-6-12-15-10(8-16(11)12)7-14-9-3-1-4-9/h2,5-6,8-9,14H,1,3-4,7H2,(H,17,18). The van der Waals surface area contributed by atoms with Gasteiger partial charge in [0.2, 0.25) is 0 Å². The Kier molecular flexibility index (Phi) is 2.76. The number of aromatic carboxylic acids is 1. The average Bonchev–Trinajstić information content (AvgIpc) is 2.68. The van der Waals surface area contributed by atoms with Crippen LogP contribution in [0.3, 0.4) is 0 Å². The van der Waals surface area contributed by atoms with E-state index in [1.54, 1.807) is 22.7 Å². The highest BCUT2D eigenvalue weighted by molar-refractivity contribution is 5.86. The number of carboxylic acids is 1. The molecular formula is C13H15N3O2. The molecule has 2 heterocycles. The maximum Gasteiger partial charge on any atom is 0.352 e. The monoisotopic (exact) mass is 245 g/mol. The first kappa shape index (κ1) is 11.2. The maximum atomic E-state index is 11.1. The minimum Gasteiger partial charge on any atom is -0.477 e. The molecule has 0 bridgehead atoms. The molecule has 0 atom stereocenters. The van der Waals surface area contributed by atoms with Crippen molar-refractivity contribution in [2.24, 2.45) is 0 Å². The van der Waals surface area contributed by atoms with E-state index >= 15 is 0 Å². The lowest BCUT2D eigenvalue weighted by atomic mass is 9.93. The van der Waals surface area contributed by atoms with Gasteiger partial charge in [-0.3, -0.25) is 4.40 Å². The molecule has 0 unspecified atom stereocenters. The third-order valence-corrected chi connectivity index (χ3v) is 3.44. The van der Waals surface area contributed by atoms with Gasteiger partial charge in [0.25, 0.3) is 0 Å². The van der Waals surface area contributed by atoms with Gasteiger partial charge >= 0.3 is 5.97 Å². The normalized spacial score (nSPS) is 15.8. The summed E-state index contributed by atoms with van der Waals surface area (Å²) in [5, 5.41) is 12.5. The Balaban J connectivity index is 1.85. The molecule has 5 heteroatoms. The van der Waals surface area contributed by atoms with Crippen LogP contribution in [-0.2, 0) is 6.54 Å². The molecular weight excluding hydrogens is 230 g/mol. The second kappa shape index (κ2) is 4.42. The highest BCUT2D eigenvalue weighted by atomic mass is 16.4. The molecule has 2 aromatic rings. The Morgan fingerprint density at radius 3 is 3.00 bits per heavy atom. The van der Waals surface area contributed by atoms with Gasteiger partial charge in [0, 0.05) is 18.8 Å². The summed E-state index contributed by atoms with van der Waals surface area (Å²) in [4.78, 5) is 15.5. The molecule has 0 amide bonds. The van der Waals surface area contributed by atoms with Gasteiger partial charge in [0.05, 0.1) is 5.69 Å². The fourth-order valence-corrected chi connectivity index (χ4v) is 2.18. The molecule has 0 spiro atoms. The number of carbonyl (C=O) groups is 1. The van der Waals surface area contributed by atoms with Crippen LogP contribution in [0.4, 0.5) is 0 Å². The van der Waals surface area contributed by atoms with Crippen LogP contribution in [0.2, 0.25) is 0 Å². The molecule has 3 rings (SSSR count). The fourth-order valence-electron chi connectivity index (χ4n) is 2.18. The van der Waals surface area contributed by atoms with Crippen LogP contribution < -0.4 is 5.32 Å². The van der Waals surface area contributed by atoms with Gasteiger partial charge in [-0.2, -0.15) is 0 Å². The smallest absolute Gasteiger partial charge is 0.352 e. The van der Waals surface area contributed by atoms with Crippen molar-refractivity contribution in [3.8, 4) is 0 Å². The lowest BCUT2D eigenvalue weighted by Gasteiger charge is -2.26. The summed E-state index contributed by atoms with van der Waals surface area (Å²) >= 11 is 0. The molecule has 0 aromatic carbocycles. The van der Waals surface area contributed by atoms with Crippen molar-refractivity contribution in [3.05, 3.63) is 35.8 Å². The van der Waals surface area contributed by atoms with Gasteiger partial charge in [0.1, 0.15) is 11.3 Å². The number of rotatable bonds is 4. The maximum absolute atomic E-state index is 11.1. The van der Waals surface area contributed by atoms with Crippen LogP contribution in [0.5, 0.6) is 0 Å². The van der Waals surface area contributed by atoms with E-state index in [1.807, 2.05) is 6.07 Å². The highest BCUT2D eigenvalue weighted by Crippen LogP contribution is 2.18. The summed E-state index contributed by atoms with van der Waals surface area (Å²) in [5.41, 5.74) is 1.81. The fraction of sp³-hybridized carbons (Fsp3) is 0.385. The molecule has 18 heavy (non-hydrogen) atoms. The number of imidazole rings is 1. The Hall–Kier alpha value is -1.88. The lowest BCUT2D eigenvalue weighted by Crippen LogP contribution is -2.34. The number of hydrogen-bond donors (Lipinski definition) is 2. The molecule has 2 N–H and O–H groups in total. The average molecular weight is 245 g/mol. The molecule has 1 fully saturated rings. The zero-order valence-corrected chi connectivity index (χ0v) is 9.97. The summed E-state index contributed by atoms with van der Waals surface area (Å²) < 4.78 is 1.63. The highest BCUT2D eigenvalue weighted by Gasteiger charge is 2.17. The number of nitrogens with zero attached hydrogens (tertiary/aromatic N) is 2. The first-order valence-corrected chi connectivity index (χ1v) is 6.18. The number of fused-ring (bicyclic) bond motifs is 1. The van der Waals surface area contributed by atoms with E-state index in [-0.39, 0.29) is 5.69 Å². The van der Waals surface area contributed by atoms with Crippen molar-refractivity contribution >= 4 is 11.6 Å². The predicted octanol–water partition coefficient (Wildman–Crippen LogP) is 1.67. The largest absolute Gasteiger partial charge is 0.477 e. The Morgan fingerprint density at radius 2 is 2.33 bits per heavy atom. The molecule has 5 nitrogen and oxygen atoms in total. The van der Waals surface area contributed by atoms with Crippen LogP contribution in [-0.4, -0.2) is 26.5 Å². The number of pyridine rings is 1. The molecule has 1 aliphatic carbocycles. The third kappa shape index (κ3) is 1.97. The second-order valence-corrected chi connectivity index (χ2v) is 4.69. The Labute approximate surface area is 104 Å². The van der Waals surface area contributed by atoms with Crippen LogP contribution in [0.25, 0.3) is 5.65 Å². The zero-order valence-electron chi connectivity index (χ0n) is 9.97. The first-order valence-electron chi connectivity index (χ1n) is 6.18. The van der Waals surface area contributed by atoms with Crippen molar-refractivity contribution in [1.82, 2.24) is 14.7 Å². The molecule has 1 saturated carbocycles. The van der Waals surface area contributed by atoms with E-state index in [1.165, 1.54) is 19.3 Å². The number of hydrogen-bond acceptors (Lipinski definition) is 3. The SMILES string of the molecule is O=C(O)c1cccc2nc(CNC3CCC3)cn12. The Bertz CT molecular complexity index is 587. The summed E-state index contributed by atoms with van der Waals surface area (Å²) in [5.74, 6) is -0.934. The van der Waals surface area contributed by atoms with E-state index in [9.17, 15) is 4.79 Å². The molecule has 1 aliphatic rings. The van der Waals surface area contributed by atoms with Gasteiger partial charge in [0.15, 0.2) is 0 Å². The van der Waals surface area contributed by atoms with Gasteiger partial charge in [-0.05, 0) is 25.0 Å². The predicted molar refractivity (Wildman–Crippen MR) is 66.6 cm³/mol. The number of aromatic nitrogens is 2. The van der Waals surface area contributed by atoms with E-state index in [0.717, 1.165) is 5.69 Å². The topological polar surface area (TPSA) is 66.6 Å². The van der Waals surface area contributed by atoms with Crippen molar-refractivity contribution in [3.63, 3.8) is 0 Å². The number of nitrogens with one attached hydrogen (secondary N) is 1. The van der Waals surface area contributed by atoms with Crippen molar-refractivity contribution in [2.45, 2.75) is 31.8 Å². The zero-order chi connectivity index (χ0) is 12.5. The van der Waals surface area contributed by atoms with Crippen molar-refractivity contribution in [1.29, 1.82) is 0 Å². The van der Waals surface area contributed by atoms with Gasteiger partial charge in [-0.15, -0.1) is 0 Å². The van der Waals surface area contributed by atoms with E-state index in [4.69, 9.17) is 5.11 Å². The molecule has 0 aliphatic heterocycles. The van der Waals surface area contributed by atoms with E-state index in [0.29, 0.717) is 18.2 Å². The molecule has 94 valence electrons. The van der Waals surface area contributed by atoms with Crippen molar-refractivity contribution in [2.75, 3.05) is 0 Å². The first-order chi connectivity index (χ1) is 8.74. The summed E-state index contributed by atoms with van der Waals surface area (Å²) in [6.07, 6.45) is 5.55. The molecule has 2 aromatic heterocycles. The van der Waals surface area contributed by atoms with Crippen LogP contribution in [0.15, 0.2) is 24.4 Å². The van der Waals surface area contributed by atoms with Gasteiger partial charge in [-0.1, -0.05) is 12.5 Å². The summed E-state index contributed by atoms with van der Waals surface area (Å²) in [6, 6.07) is 5.72. The number of carboxylic acid groups (broad SMARTS) is 1. The van der Waals surface area contributed by atoms with Gasteiger partial charge in [-0.25, -0.2) is 9.78 Å². The third-order valence-electron chi connectivity index (χ3n) is 3.44. The molecule has 0 saturated heterocycles. The van der Waals surface area contributed by atoms with Crippen LogP contribution >= 0.6 is 0 Å². The van der Waals surface area contributed by atoms with Crippen LogP contribution in [0, 0.1) is 0 Å².